The summed E-state index contributed by atoms with van der Waals surface area (Å²) in [5, 5.41) is 10.9. The van der Waals surface area contributed by atoms with Gasteiger partial charge < -0.3 is 5.11 Å². The molecular weight excluding hydrogens is 229 g/mol. The van der Waals surface area contributed by atoms with Crippen LogP contribution in [0.25, 0.3) is 0 Å². The smallest absolute Gasteiger partial charge is 0.141 e. The summed E-state index contributed by atoms with van der Waals surface area (Å²) in [6.07, 6.45) is 8.79. The summed E-state index contributed by atoms with van der Waals surface area (Å²) >= 11 is 0. The summed E-state index contributed by atoms with van der Waals surface area (Å²) < 4.78 is 12.9. The van der Waals surface area contributed by atoms with Crippen LogP contribution >= 0.6 is 0 Å². The molecule has 0 aromatic carbocycles. The van der Waals surface area contributed by atoms with Crippen molar-refractivity contribution in [3.63, 3.8) is 0 Å². The summed E-state index contributed by atoms with van der Waals surface area (Å²) in [5.74, 6) is -0.0963. The van der Waals surface area contributed by atoms with Gasteiger partial charge in [-0.3, -0.25) is 4.98 Å². The van der Waals surface area contributed by atoms with E-state index in [1.807, 2.05) is 6.92 Å². The van der Waals surface area contributed by atoms with E-state index in [4.69, 9.17) is 0 Å². The molecule has 1 aliphatic carbocycles. The topological polar surface area (TPSA) is 33.1 Å². The zero-order chi connectivity index (χ0) is 13.0. The van der Waals surface area contributed by atoms with Gasteiger partial charge >= 0.3 is 0 Å². The molecule has 3 heteroatoms. The number of aliphatic hydroxyl groups is 1. The standard InChI is InChI=1S/C15H22FNO/c1-2-15(18,12-7-5-3-4-6-8-12)14-10-9-13(16)11-17-14/h9-12,18H,2-8H2,1H3. The number of hydrogen-bond acceptors (Lipinski definition) is 2. The Labute approximate surface area is 108 Å². The van der Waals surface area contributed by atoms with Crippen LogP contribution in [0.3, 0.4) is 0 Å². The molecule has 0 radical (unpaired) electrons. The van der Waals surface area contributed by atoms with Gasteiger partial charge in [-0.05, 0) is 37.3 Å². The maximum absolute atomic E-state index is 12.9. The summed E-state index contributed by atoms with van der Waals surface area (Å²) in [6.45, 7) is 1.98. The van der Waals surface area contributed by atoms with Crippen LogP contribution in [-0.2, 0) is 5.60 Å². The zero-order valence-electron chi connectivity index (χ0n) is 11.0. The third-order valence-corrected chi connectivity index (χ3v) is 4.24. The third-order valence-electron chi connectivity index (χ3n) is 4.24. The minimum atomic E-state index is -0.891. The first-order valence-electron chi connectivity index (χ1n) is 7.01. The molecule has 18 heavy (non-hydrogen) atoms. The van der Waals surface area contributed by atoms with Gasteiger partial charge in [-0.25, -0.2) is 4.39 Å². The Balaban J connectivity index is 2.25. The van der Waals surface area contributed by atoms with Gasteiger partial charge in [-0.1, -0.05) is 32.6 Å². The highest BCUT2D eigenvalue weighted by molar-refractivity contribution is 5.15. The van der Waals surface area contributed by atoms with Crippen molar-refractivity contribution in [2.75, 3.05) is 0 Å². The second-order valence-electron chi connectivity index (χ2n) is 5.33. The molecule has 1 fully saturated rings. The molecule has 1 atom stereocenters. The lowest BCUT2D eigenvalue weighted by Crippen LogP contribution is -2.35. The molecule has 1 heterocycles. The van der Waals surface area contributed by atoms with Crippen LogP contribution in [0.5, 0.6) is 0 Å². The molecule has 2 nitrogen and oxygen atoms in total. The number of hydrogen-bond donors (Lipinski definition) is 1. The molecule has 0 aliphatic heterocycles. The van der Waals surface area contributed by atoms with Crippen molar-refractivity contribution in [1.29, 1.82) is 0 Å². The van der Waals surface area contributed by atoms with E-state index >= 15 is 0 Å². The van der Waals surface area contributed by atoms with Crippen LogP contribution < -0.4 is 0 Å². The van der Waals surface area contributed by atoms with Gasteiger partial charge in [-0.2, -0.15) is 0 Å². The normalized spacial score (nSPS) is 21.3. The van der Waals surface area contributed by atoms with Crippen LogP contribution in [0.4, 0.5) is 4.39 Å². The highest BCUT2D eigenvalue weighted by Gasteiger charge is 2.37. The van der Waals surface area contributed by atoms with E-state index in [1.165, 1.54) is 37.9 Å². The van der Waals surface area contributed by atoms with Gasteiger partial charge in [-0.15, -0.1) is 0 Å². The fourth-order valence-corrected chi connectivity index (χ4v) is 3.07. The molecule has 1 aromatic rings. The molecule has 1 saturated carbocycles. The number of pyridine rings is 1. The zero-order valence-corrected chi connectivity index (χ0v) is 11.0. The first kappa shape index (κ1) is 13.5. The van der Waals surface area contributed by atoms with Gasteiger partial charge in [0, 0.05) is 0 Å². The van der Waals surface area contributed by atoms with Crippen molar-refractivity contribution in [1.82, 2.24) is 4.98 Å². The second-order valence-corrected chi connectivity index (χ2v) is 5.33. The number of halogens is 1. The van der Waals surface area contributed by atoms with Crippen LogP contribution in [0.15, 0.2) is 18.3 Å². The van der Waals surface area contributed by atoms with Gasteiger partial charge in [0.05, 0.1) is 11.9 Å². The summed E-state index contributed by atoms with van der Waals surface area (Å²) in [4.78, 5) is 4.10. The first-order valence-corrected chi connectivity index (χ1v) is 7.01. The third kappa shape index (κ3) is 2.72. The van der Waals surface area contributed by atoms with Crippen molar-refractivity contribution in [3.8, 4) is 0 Å². The van der Waals surface area contributed by atoms with E-state index in [1.54, 1.807) is 6.07 Å². The molecule has 2 rings (SSSR count). The Bertz CT molecular complexity index is 371. The average molecular weight is 251 g/mol. The SMILES string of the molecule is CCC(O)(c1ccc(F)cn1)C1CCCCCC1. The predicted octanol–water partition coefficient (Wildman–Crippen LogP) is 3.79. The minimum absolute atomic E-state index is 0.253. The van der Waals surface area contributed by atoms with E-state index in [2.05, 4.69) is 4.98 Å². The summed E-state index contributed by atoms with van der Waals surface area (Å²) in [5.41, 5.74) is -0.267. The molecular formula is C15H22FNO. The summed E-state index contributed by atoms with van der Waals surface area (Å²) in [6, 6.07) is 3.02. The van der Waals surface area contributed by atoms with Gasteiger partial charge in [0.15, 0.2) is 0 Å². The van der Waals surface area contributed by atoms with Crippen molar-refractivity contribution >= 4 is 0 Å². The number of aromatic nitrogens is 1. The van der Waals surface area contributed by atoms with Gasteiger partial charge in [0.25, 0.3) is 0 Å². The van der Waals surface area contributed by atoms with Gasteiger partial charge in [0.2, 0.25) is 0 Å². The average Bonchev–Trinajstić information content (AvgIpc) is 2.68. The van der Waals surface area contributed by atoms with E-state index in [-0.39, 0.29) is 11.7 Å². The van der Waals surface area contributed by atoms with E-state index in [0.29, 0.717) is 12.1 Å². The Morgan fingerprint density at radius 2 is 1.94 bits per heavy atom. The lowest BCUT2D eigenvalue weighted by molar-refractivity contribution is -0.0380. The van der Waals surface area contributed by atoms with Crippen LogP contribution in [0, 0.1) is 11.7 Å². The number of nitrogens with zero attached hydrogens (tertiary/aromatic N) is 1. The Morgan fingerprint density at radius 1 is 1.28 bits per heavy atom. The van der Waals surface area contributed by atoms with Crippen molar-refractivity contribution in [2.24, 2.45) is 5.92 Å². The van der Waals surface area contributed by atoms with E-state index in [9.17, 15) is 9.50 Å². The molecule has 1 N–H and O–H groups in total. The highest BCUT2D eigenvalue weighted by Crippen LogP contribution is 2.39. The first-order chi connectivity index (χ1) is 8.66. The van der Waals surface area contributed by atoms with E-state index in [0.717, 1.165) is 12.8 Å². The largest absolute Gasteiger partial charge is 0.383 e. The fraction of sp³-hybridized carbons (Fsp3) is 0.667. The molecule has 0 amide bonds. The summed E-state index contributed by atoms with van der Waals surface area (Å²) in [7, 11) is 0. The van der Waals surface area contributed by atoms with Crippen molar-refractivity contribution in [2.45, 2.75) is 57.5 Å². The van der Waals surface area contributed by atoms with Gasteiger partial charge in [0.1, 0.15) is 11.4 Å². The molecule has 0 spiro atoms. The molecule has 100 valence electrons. The highest BCUT2D eigenvalue weighted by atomic mass is 19.1. The van der Waals surface area contributed by atoms with Crippen molar-refractivity contribution < 1.29 is 9.50 Å². The maximum atomic E-state index is 12.9. The van der Waals surface area contributed by atoms with Crippen molar-refractivity contribution in [3.05, 3.63) is 29.8 Å². The Morgan fingerprint density at radius 3 is 2.44 bits per heavy atom. The predicted molar refractivity (Wildman–Crippen MR) is 69.6 cm³/mol. The monoisotopic (exact) mass is 251 g/mol. The maximum Gasteiger partial charge on any atom is 0.141 e. The number of rotatable bonds is 3. The fourth-order valence-electron chi connectivity index (χ4n) is 3.07. The lowest BCUT2D eigenvalue weighted by Gasteiger charge is -2.34. The lowest BCUT2D eigenvalue weighted by atomic mass is 9.77. The van der Waals surface area contributed by atoms with Crippen LogP contribution in [0.2, 0.25) is 0 Å². The molecule has 1 aromatic heterocycles. The molecule has 1 unspecified atom stereocenters. The Kier molecular flexibility index (Phi) is 4.33. The Hall–Kier alpha value is -0.960. The quantitative estimate of drug-likeness (QED) is 0.829. The van der Waals surface area contributed by atoms with Crippen LogP contribution in [-0.4, -0.2) is 10.1 Å². The second kappa shape index (κ2) is 5.79. The van der Waals surface area contributed by atoms with Crippen LogP contribution in [0.1, 0.15) is 57.6 Å². The molecule has 0 saturated heterocycles. The molecule has 1 aliphatic rings. The van der Waals surface area contributed by atoms with E-state index < -0.39 is 5.60 Å². The molecule has 0 bridgehead atoms. The minimum Gasteiger partial charge on any atom is -0.383 e.